The first-order valence-corrected chi connectivity index (χ1v) is 9.96. The molecule has 30 heavy (non-hydrogen) atoms. The highest BCUT2D eigenvalue weighted by Gasteiger charge is 2.27. The van der Waals surface area contributed by atoms with Gasteiger partial charge in [0.1, 0.15) is 5.82 Å². The quantitative estimate of drug-likeness (QED) is 0.395. The lowest BCUT2D eigenvalue weighted by atomic mass is 9.87. The summed E-state index contributed by atoms with van der Waals surface area (Å²) in [4.78, 5) is 0. The second-order valence-corrected chi connectivity index (χ2v) is 7.99. The van der Waals surface area contributed by atoms with Crippen molar-refractivity contribution in [2.75, 3.05) is 10.3 Å². The molecule has 3 aromatic rings. The van der Waals surface area contributed by atoms with E-state index in [2.05, 4.69) is 21.1 Å². The molecule has 2 aromatic carbocycles. The van der Waals surface area contributed by atoms with E-state index in [1.54, 1.807) is 12.1 Å². The number of halogens is 1. The number of amidine groups is 1. The third-order valence-corrected chi connectivity index (χ3v) is 5.88. The number of aromatic nitrogens is 1. The normalized spacial score (nSPS) is 21.6. The van der Waals surface area contributed by atoms with Crippen LogP contribution in [-0.4, -0.2) is 22.5 Å². The molecule has 0 spiro atoms. The summed E-state index contributed by atoms with van der Waals surface area (Å²) in [6.07, 6.45) is 3.97. The lowest BCUT2D eigenvalue weighted by Gasteiger charge is -2.34. The molecule has 1 saturated carbocycles. The number of hydrogen-bond donors (Lipinski definition) is 4. The number of nitrogens with zero attached hydrogens (tertiary/aromatic N) is 3. The molecule has 5 rings (SSSR count). The molecule has 0 amide bonds. The lowest BCUT2D eigenvalue weighted by Crippen LogP contribution is -2.44. The van der Waals surface area contributed by atoms with E-state index in [1.165, 1.54) is 17.1 Å². The monoisotopic (exact) mass is 405 g/mol. The average Bonchev–Trinajstić information content (AvgIpc) is 3.07. The van der Waals surface area contributed by atoms with Crippen molar-refractivity contribution in [2.24, 2.45) is 22.5 Å². The largest absolute Gasteiger partial charge is 0.382 e. The summed E-state index contributed by atoms with van der Waals surface area (Å²) in [6, 6.07) is 15.2. The Morgan fingerprint density at radius 2 is 1.80 bits per heavy atom. The SMILES string of the molecule is N/N=C1/c2cc(-c3ccc(F)cc3)cn2Cc2cc(NC3CC(N)C3)ccc2N1N. The van der Waals surface area contributed by atoms with Crippen molar-refractivity contribution < 1.29 is 4.39 Å². The number of benzene rings is 2. The fourth-order valence-electron chi connectivity index (χ4n) is 4.23. The van der Waals surface area contributed by atoms with Crippen molar-refractivity contribution in [3.8, 4) is 11.1 Å². The zero-order valence-corrected chi connectivity index (χ0v) is 16.4. The van der Waals surface area contributed by atoms with E-state index in [4.69, 9.17) is 17.4 Å². The maximum atomic E-state index is 13.3. The molecular weight excluding hydrogens is 381 g/mol. The molecule has 0 bridgehead atoms. The summed E-state index contributed by atoms with van der Waals surface area (Å²) in [5, 5.41) is 9.02. The average molecular weight is 405 g/mol. The van der Waals surface area contributed by atoms with Gasteiger partial charge in [-0.3, -0.25) is 5.01 Å². The first kappa shape index (κ1) is 18.7. The van der Waals surface area contributed by atoms with Gasteiger partial charge >= 0.3 is 0 Å². The van der Waals surface area contributed by atoms with Crippen molar-refractivity contribution in [2.45, 2.75) is 31.5 Å². The van der Waals surface area contributed by atoms with Crippen LogP contribution in [0.4, 0.5) is 15.8 Å². The van der Waals surface area contributed by atoms with Crippen molar-refractivity contribution >= 4 is 17.2 Å². The smallest absolute Gasteiger partial charge is 0.190 e. The fraction of sp³-hybridized carbons (Fsp3) is 0.227. The highest BCUT2D eigenvalue weighted by molar-refractivity contribution is 6.09. The van der Waals surface area contributed by atoms with Crippen LogP contribution in [-0.2, 0) is 6.54 Å². The number of nitrogens with one attached hydrogen (secondary N) is 1. The van der Waals surface area contributed by atoms with Crippen molar-refractivity contribution in [3.63, 3.8) is 0 Å². The molecule has 0 radical (unpaired) electrons. The zero-order chi connectivity index (χ0) is 20.8. The van der Waals surface area contributed by atoms with Gasteiger partial charge in [-0.25, -0.2) is 10.2 Å². The van der Waals surface area contributed by atoms with Crippen LogP contribution in [0.1, 0.15) is 24.1 Å². The van der Waals surface area contributed by atoms with Gasteiger partial charge in [0.15, 0.2) is 5.84 Å². The second kappa shape index (κ2) is 7.16. The van der Waals surface area contributed by atoms with Crippen LogP contribution in [0.2, 0.25) is 0 Å². The topological polar surface area (TPSA) is 111 Å². The van der Waals surface area contributed by atoms with Crippen molar-refractivity contribution in [1.29, 1.82) is 0 Å². The molecule has 1 aliphatic carbocycles. The van der Waals surface area contributed by atoms with Gasteiger partial charge in [-0.1, -0.05) is 12.1 Å². The molecule has 0 atom stereocenters. The summed E-state index contributed by atoms with van der Waals surface area (Å²) in [6.45, 7) is 0.609. The van der Waals surface area contributed by atoms with Crippen LogP contribution >= 0.6 is 0 Å². The van der Waals surface area contributed by atoms with Gasteiger partial charge in [0, 0.05) is 36.1 Å². The van der Waals surface area contributed by atoms with Crippen LogP contribution in [0.5, 0.6) is 0 Å². The Hall–Kier alpha value is -3.36. The lowest BCUT2D eigenvalue weighted by molar-refractivity contribution is 0.373. The number of hydrogen-bond acceptors (Lipinski definition) is 5. The van der Waals surface area contributed by atoms with Crippen LogP contribution in [0, 0.1) is 5.82 Å². The van der Waals surface area contributed by atoms with Gasteiger partial charge in [0.05, 0.1) is 11.4 Å². The standard InChI is InChI=1S/C22H24FN7/c23-16-3-1-13(2-4-16)14-8-21-22(28-25)30(26)20-6-5-18(27-19-9-17(24)10-19)7-15(20)12-29(21)11-14/h1-8,11,17,19,27H,9-10,12,24-26H2/b28-22-. The molecule has 7 N–H and O–H groups in total. The van der Waals surface area contributed by atoms with Crippen LogP contribution < -0.4 is 27.7 Å². The molecular formula is C22H24FN7. The molecule has 0 saturated heterocycles. The number of hydrazine groups is 1. The molecule has 7 nitrogen and oxygen atoms in total. The molecule has 2 aliphatic rings. The van der Waals surface area contributed by atoms with E-state index in [0.29, 0.717) is 24.5 Å². The predicted octanol–water partition coefficient (Wildman–Crippen LogP) is 2.56. The molecule has 8 heteroatoms. The van der Waals surface area contributed by atoms with Gasteiger partial charge in [0.25, 0.3) is 0 Å². The van der Waals surface area contributed by atoms with E-state index in [-0.39, 0.29) is 5.82 Å². The molecule has 1 aliphatic heterocycles. The Balaban J connectivity index is 1.52. The third-order valence-electron chi connectivity index (χ3n) is 5.88. The van der Waals surface area contributed by atoms with Gasteiger partial charge in [-0.05, 0) is 60.4 Å². The number of anilines is 2. The third kappa shape index (κ3) is 3.20. The molecule has 2 heterocycles. The Labute approximate surface area is 173 Å². The molecule has 154 valence electrons. The minimum absolute atomic E-state index is 0.266. The maximum absolute atomic E-state index is 13.3. The Morgan fingerprint density at radius 1 is 1.03 bits per heavy atom. The van der Waals surface area contributed by atoms with Gasteiger partial charge in [-0.15, -0.1) is 0 Å². The van der Waals surface area contributed by atoms with Crippen LogP contribution in [0.3, 0.4) is 0 Å². The number of fused-ring (bicyclic) bond motifs is 2. The minimum Gasteiger partial charge on any atom is -0.382 e. The number of nitrogens with two attached hydrogens (primary N) is 3. The highest BCUT2D eigenvalue weighted by Crippen LogP contribution is 2.32. The summed E-state index contributed by atoms with van der Waals surface area (Å²) >= 11 is 0. The zero-order valence-electron chi connectivity index (χ0n) is 16.4. The summed E-state index contributed by atoms with van der Waals surface area (Å²) in [5.41, 5.74) is 11.5. The first-order chi connectivity index (χ1) is 14.5. The van der Waals surface area contributed by atoms with Crippen molar-refractivity contribution in [1.82, 2.24) is 4.57 Å². The predicted molar refractivity (Wildman–Crippen MR) is 117 cm³/mol. The van der Waals surface area contributed by atoms with Crippen LogP contribution in [0.25, 0.3) is 11.1 Å². The fourth-order valence-corrected chi connectivity index (χ4v) is 4.23. The first-order valence-electron chi connectivity index (χ1n) is 9.96. The summed E-state index contributed by atoms with van der Waals surface area (Å²) in [7, 11) is 0. The van der Waals surface area contributed by atoms with E-state index in [9.17, 15) is 4.39 Å². The number of hydrazone groups is 1. The van der Waals surface area contributed by atoms with E-state index in [0.717, 1.165) is 46.6 Å². The van der Waals surface area contributed by atoms with E-state index < -0.39 is 0 Å². The van der Waals surface area contributed by atoms with Gasteiger partial charge in [0.2, 0.25) is 0 Å². The minimum atomic E-state index is -0.266. The van der Waals surface area contributed by atoms with E-state index >= 15 is 0 Å². The Kier molecular flexibility index (Phi) is 4.45. The van der Waals surface area contributed by atoms with Gasteiger partial charge in [-0.2, -0.15) is 5.10 Å². The summed E-state index contributed by atoms with van der Waals surface area (Å²) in [5.74, 6) is 12.3. The summed E-state index contributed by atoms with van der Waals surface area (Å²) < 4.78 is 15.4. The van der Waals surface area contributed by atoms with Gasteiger partial charge < -0.3 is 21.5 Å². The Morgan fingerprint density at radius 3 is 2.50 bits per heavy atom. The molecule has 1 aromatic heterocycles. The maximum Gasteiger partial charge on any atom is 0.190 e. The van der Waals surface area contributed by atoms with Crippen LogP contribution in [0.15, 0.2) is 59.8 Å². The molecule has 0 unspecified atom stereocenters. The molecule has 1 fully saturated rings. The highest BCUT2D eigenvalue weighted by atomic mass is 19.1. The Bertz CT molecular complexity index is 1110. The van der Waals surface area contributed by atoms with Crippen molar-refractivity contribution in [3.05, 3.63) is 71.8 Å². The number of rotatable bonds is 3. The van der Waals surface area contributed by atoms with E-state index in [1.807, 2.05) is 24.4 Å². The second-order valence-electron chi connectivity index (χ2n) is 7.99.